The molecule has 17 heavy (non-hydrogen) atoms. The van der Waals surface area contributed by atoms with Crippen molar-refractivity contribution >= 4 is 28.3 Å². The third-order valence-electron chi connectivity index (χ3n) is 2.69. The maximum Gasteiger partial charge on any atom is 0.255 e. The van der Waals surface area contributed by atoms with Crippen LogP contribution in [0, 0.1) is 0 Å². The second-order valence-corrected chi connectivity index (χ2v) is 4.85. The maximum atomic E-state index is 11.4. The van der Waals surface area contributed by atoms with Crippen molar-refractivity contribution < 1.29 is 9.53 Å². The van der Waals surface area contributed by atoms with E-state index < -0.39 is 5.91 Å². The van der Waals surface area contributed by atoms with Crippen molar-refractivity contribution in [2.45, 2.75) is 19.4 Å². The van der Waals surface area contributed by atoms with E-state index in [0.717, 1.165) is 31.1 Å². The third-order valence-corrected chi connectivity index (χ3v) is 3.61. The second kappa shape index (κ2) is 4.89. The predicted octanol–water partition coefficient (Wildman–Crippen LogP) is 0.439. The molecule has 1 aliphatic rings. The van der Waals surface area contributed by atoms with Crippen LogP contribution in [0.2, 0.25) is 0 Å². The second-order valence-electron chi connectivity index (χ2n) is 4.09. The van der Waals surface area contributed by atoms with E-state index in [-0.39, 0.29) is 11.9 Å². The van der Waals surface area contributed by atoms with Gasteiger partial charge in [0.15, 0.2) is 5.82 Å². The zero-order valence-electron chi connectivity index (χ0n) is 9.68. The quantitative estimate of drug-likeness (QED) is 0.800. The lowest BCUT2D eigenvalue weighted by molar-refractivity contribution is 0.0820. The third kappa shape index (κ3) is 2.50. The van der Waals surface area contributed by atoms with Gasteiger partial charge in [-0.15, -0.1) is 0 Å². The molecule has 1 aromatic heterocycles. The molecule has 0 bridgehead atoms. The molecule has 0 radical (unpaired) electrons. The summed E-state index contributed by atoms with van der Waals surface area (Å²) in [4.78, 5) is 13.4. The Kier molecular flexibility index (Phi) is 3.49. The summed E-state index contributed by atoms with van der Waals surface area (Å²) in [5.41, 5.74) is 11.3. The number of nitrogens with two attached hydrogens (primary N) is 2. The van der Waals surface area contributed by atoms with Crippen LogP contribution in [0.5, 0.6) is 0 Å². The lowest BCUT2D eigenvalue weighted by Crippen LogP contribution is -2.31. The summed E-state index contributed by atoms with van der Waals surface area (Å²) in [6.45, 7) is 4.29. The fourth-order valence-corrected chi connectivity index (χ4v) is 2.77. The summed E-state index contributed by atoms with van der Waals surface area (Å²) in [5, 5.41) is 0.757. The average molecular weight is 256 g/mol. The van der Waals surface area contributed by atoms with Crippen molar-refractivity contribution in [3.63, 3.8) is 0 Å². The molecule has 1 aromatic rings. The Morgan fingerprint density at radius 1 is 1.65 bits per heavy atom. The van der Waals surface area contributed by atoms with Crippen molar-refractivity contribution in [2.75, 3.05) is 30.3 Å². The molecule has 1 saturated heterocycles. The van der Waals surface area contributed by atoms with E-state index in [1.807, 2.05) is 6.92 Å². The standard InChI is InChI=1S/C10H16N4O2S/c1-6-5-14(3-2-4-16-6)10-7(9(12)15)8(11)13-17-10/h6H,2-5H2,1H3,(H2,11,13)(H2,12,15). The molecular weight excluding hydrogens is 240 g/mol. The molecule has 6 nitrogen and oxygen atoms in total. The Bertz CT molecular complexity index is 420. The molecule has 0 saturated carbocycles. The SMILES string of the molecule is CC1CN(c2snc(N)c2C(N)=O)CCCO1. The van der Waals surface area contributed by atoms with Crippen LogP contribution in [-0.4, -0.2) is 36.1 Å². The number of amides is 1. The number of primary amides is 1. The highest BCUT2D eigenvalue weighted by atomic mass is 32.1. The van der Waals surface area contributed by atoms with Crippen LogP contribution in [0.3, 0.4) is 0 Å². The topological polar surface area (TPSA) is 94.5 Å². The lowest BCUT2D eigenvalue weighted by atomic mass is 10.2. The largest absolute Gasteiger partial charge is 0.382 e. The number of hydrogen-bond donors (Lipinski definition) is 2. The highest BCUT2D eigenvalue weighted by molar-refractivity contribution is 7.11. The Balaban J connectivity index is 2.29. The zero-order valence-corrected chi connectivity index (χ0v) is 10.5. The molecule has 0 spiro atoms. The van der Waals surface area contributed by atoms with Gasteiger partial charge in [0, 0.05) is 19.7 Å². The number of carbonyl (C=O) groups excluding carboxylic acids is 1. The first-order valence-corrected chi connectivity index (χ1v) is 6.28. The number of carbonyl (C=O) groups is 1. The maximum absolute atomic E-state index is 11.4. The first kappa shape index (κ1) is 12.1. The molecule has 2 rings (SSSR count). The van der Waals surface area contributed by atoms with Crippen molar-refractivity contribution in [1.82, 2.24) is 4.37 Å². The van der Waals surface area contributed by atoms with Crippen molar-refractivity contribution in [3.05, 3.63) is 5.56 Å². The van der Waals surface area contributed by atoms with Crippen LogP contribution in [0.15, 0.2) is 0 Å². The van der Waals surface area contributed by atoms with E-state index in [1.165, 1.54) is 11.5 Å². The summed E-state index contributed by atoms with van der Waals surface area (Å²) in [6.07, 6.45) is 1.04. The van der Waals surface area contributed by atoms with Crippen LogP contribution in [-0.2, 0) is 4.74 Å². The number of nitrogen functional groups attached to an aromatic ring is 1. The van der Waals surface area contributed by atoms with Gasteiger partial charge in [0.2, 0.25) is 0 Å². The van der Waals surface area contributed by atoms with Gasteiger partial charge in [-0.3, -0.25) is 4.79 Å². The summed E-state index contributed by atoms with van der Waals surface area (Å²) in [7, 11) is 0. The van der Waals surface area contributed by atoms with Crippen molar-refractivity contribution in [2.24, 2.45) is 5.73 Å². The van der Waals surface area contributed by atoms with Crippen LogP contribution in [0.4, 0.5) is 10.8 Å². The summed E-state index contributed by atoms with van der Waals surface area (Å²) >= 11 is 1.22. The minimum atomic E-state index is -0.524. The molecule has 7 heteroatoms. The number of aromatic nitrogens is 1. The van der Waals surface area contributed by atoms with E-state index in [1.54, 1.807) is 0 Å². The highest BCUT2D eigenvalue weighted by Crippen LogP contribution is 2.31. The molecule has 1 fully saturated rings. The summed E-state index contributed by atoms with van der Waals surface area (Å²) in [5.74, 6) is -0.306. The minimum Gasteiger partial charge on any atom is -0.382 e. The average Bonchev–Trinajstić information content (AvgIpc) is 2.51. The Labute approximate surface area is 104 Å². The fraction of sp³-hybridized carbons (Fsp3) is 0.600. The fourth-order valence-electron chi connectivity index (χ4n) is 1.92. The van der Waals surface area contributed by atoms with Gasteiger partial charge < -0.3 is 21.1 Å². The van der Waals surface area contributed by atoms with Crippen LogP contribution in [0.25, 0.3) is 0 Å². The number of nitrogens with zero attached hydrogens (tertiary/aromatic N) is 2. The van der Waals surface area contributed by atoms with Gasteiger partial charge in [-0.05, 0) is 24.9 Å². The molecule has 1 atom stereocenters. The van der Waals surface area contributed by atoms with Gasteiger partial charge in [-0.1, -0.05) is 0 Å². The van der Waals surface area contributed by atoms with Gasteiger partial charge >= 0.3 is 0 Å². The van der Waals surface area contributed by atoms with Crippen molar-refractivity contribution in [3.8, 4) is 0 Å². The number of anilines is 2. The summed E-state index contributed by atoms with van der Waals surface area (Å²) in [6, 6.07) is 0. The molecule has 94 valence electrons. The van der Waals surface area contributed by atoms with Crippen molar-refractivity contribution in [1.29, 1.82) is 0 Å². The summed E-state index contributed by atoms with van der Waals surface area (Å²) < 4.78 is 9.56. The molecule has 1 amide bonds. The first-order valence-electron chi connectivity index (χ1n) is 5.51. The molecule has 0 aromatic carbocycles. The smallest absolute Gasteiger partial charge is 0.255 e. The monoisotopic (exact) mass is 256 g/mol. The van der Waals surface area contributed by atoms with E-state index in [9.17, 15) is 4.79 Å². The molecule has 1 unspecified atom stereocenters. The number of rotatable bonds is 2. The predicted molar refractivity (Wildman–Crippen MR) is 67.3 cm³/mol. The first-order chi connectivity index (χ1) is 8.09. The van der Waals surface area contributed by atoms with Gasteiger partial charge in [0.05, 0.1) is 6.10 Å². The van der Waals surface area contributed by atoms with Gasteiger partial charge in [0.1, 0.15) is 10.6 Å². The Morgan fingerprint density at radius 2 is 2.41 bits per heavy atom. The minimum absolute atomic E-state index is 0.126. The molecule has 0 aliphatic carbocycles. The molecular formula is C10H16N4O2S. The molecule has 4 N–H and O–H groups in total. The van der Waals surface area contributed by atoms with Gasteiger partial charge in [0.25, 0.3) is 5.91 Å². The lowest BCUT2D eigenvalue weighted by Gasteiger charge is -2.22. The number of ether oxygens (including phenoxy) is 1. The van der Waals surface area contributed by atoms with Gasteiger partial charge in [-0.2, -0.15) is 4.37 Å². The normalized spacial score (nSPS) is 21.2. The van der Waals surface area contributed by atoms with E-state index >= 15 is 0 Å². The number of hydrogen-bond acceptors (Lipinski definition) is 6. The van der Waals surface area contributed by atoms with Crippen LogP contribution in [0.1, 0.15) is 23.7 Å². The Hall–Kier alpha value is -1.34. The zero-order chi connectivity index (χ0) is 12.4. The van der Waals surface area contributed by atoms with Crippen LogP contribution >= 0.6 is 11.5 Å². The van der Waals surface area contributed by atoms with E-state index in [4.69, 9.17) is 16.2 Å². The van der Waals surface area contributed by atoms with E-state index in [0.29, 0.717) is 5.56 Å². The van der Waals surface area contributed by atoms with Crippen LogP contribution < -0.4 is 16.4 Å². The molecule has 2 heterocycles. The Morgan fingerprint density at radius 3 is 3.12 bits per heavy atom. The van der Waals surface area contributed by atoms with Gasteiger partial charge in [-0.25, -0.2) is 0 Å². The highest BCUT2D eigenvalue weighted by Gasteiger charge is 2.24. The molecule has 1 aliphatic heterocycles. The van der Waals surface area contributed by atoms with E-state index in [2.05, 4.69) is 9.27 Å².